The van der Waals surface area contributed by atoms with Crippen LogP contribution in [-0.4, -0.2) is 9.97 Å². The Morgan fingerprint density at radius 1 is 0.769 bits per heavy atom. The first-order valence-corrected chi connectivity index (χ1v) is 7.17. The SMILES string of the molecule is N#CC(C#N)=c1nc2cc3ccc4nc(=C(C#N)C#N)oc4c3cc2o1. The largest absolute Gasteiger partial charge is 0.435 e. The lowest BCUT2D eigenvalue weighted by Gasteiger charge is -1.97. The van der Waals surface area contributed by atoms with E-state index in [0.717, 1.165) is 5.39 Å². The van der Waals surface area contributed by atoms with Crippen molar-refractivity contribution >= 4 is 44.1 Å². The van der Waals surface area contributed by atoms with Crippen LogP contribution in [0.3, 0.4) is 0 Å². The first-order chi connectivity index (χ1) is 12.7. The van der Waals surface area contributed by atoms with Gasteiger partial charge in [-0.25, -0.2) is 9.97 Å². The van der Waals surface area contributed by atoms with Gasteiger partial charge in [0, 0.05) is 5.39 Å². The predicted molar refractivity (Wildman–Crippen MR) is 87.6 cm³/mol. The molecule has 8 heteroatoms. The third-order valence-corrected chi connectivity index (χ3v) is 3.75. The third kappa shape index (κ3) is 2.05. The molecule has 0 radical (unpaired) electrons. The number of nitriles is 4. The molecule has 2 heterocycles. The summed E-state index contributed by atoms with van der Waals surface area (Å²) in [5, 5.41) is 37.2. The molecule has 26 heavy (non-hydrogen) atoms. The number of rotatable bonds is 0. The molecule has 0 N–H and O–H groups in total. The van der Waals surface area contributed by atoms with Crippen molar-refractivity contribution in [2.75, 3.05) is 0 Å². The van der Waals surface area contributed by atoms with Crippen LogP contribution in [0.5, 0.6) is 0 Å². The monoisotopic (exact) mass is 336 g/mol. The predicted octanol–water partition coefficient (Wildman–Crippen LogP) is 1.52. The molecule has 2 aromatic heterocycles. The molecule has 4 aromatic rings. The Bertz CT molecular complexity index is 1490. The fourth-order valence-corrected chi connectivity index (χ4v) is 2.59. The summed E-state index contributed by atoms with van der Waals surface area (Å²) < 4.78 is 11.1. The van der Waals surface area contributed by atoms with Gasteiger partial charge >= 0.3 is 0 Å². The average Bonchev–Trinajstić information content (AvgIpc) is 3.25. The van der Waals surface area contributed by atoms with E-state index in [0.29, 0.717) is 27.6 Å². The van der Waals surface area contributed by atoms with Crippen molar-refractivity contribution in [1.82, 2.24) is 9.97 Å². The van der Waals surface area contributed by atoms with Crippen molar-refractivity contribution in [2.45, 2.75) is 0 Å². The second kappa shape index (κ2) is 5.46. The molecule has 0 saturated heterocycles. The molecule has 0 atom stereocenters. The molecule has 118 valence electrons. The van der Waals surface area contributed by atoms with Crippen LogP contribution in [0.2, 0.25) is 0 Å². The highest BCUT2D eigenvalue weighted by atomic mass is 16.3. The van der Waals surface area contributed by atoms with E-state index in [9.17, 15) is 0 Å². The van der Waals surface area contributed by atoms with Crippen LogP contribution >= 0.6 is 0 Å². The van der Waals surface area contributed by atoms with Crippen molar-refractivity contribution in [3.05, 3.63) is 35.4 Å². The molecule has 0 fully saturated rings. The van der Waals surface area contributed by atoms with Gasteiger partial charge in [-0.1, -0.05) is 6.07 Å². The molecular formula is C18H4N6O2. The molecule has 0 aliphatic rings. The summed E-state index contributed by atoms with van der Waals surface area (Å²) in [7, 11) is 0. The van der Waals surface area contributed by atoms with E-state index in [1.807, 2.05) is 0 Å². The van der Waals surface area contributed by atoms with Gasteiger partial charge in [-0.2, -0.15) is 21.0 Å². The zero-order chi connectivity index (χ0) is 18.3. The number of hydrogen-bond donors (Lipinski definition) is 0. The summed E-state index contributed by atoms with van der Waals surface area (Å²) in [6, 6.07) is 13.8. The average molecular weight is 336 g/mol. The normalized spacial score (nSPS) is 10.2. The second-order valence-electron chi connectivity index (χ2n) is 5.19. The van der Waals surface area contributed by atoms with E-state index in [1.54, 1.807) is 48.5 Å². The van der Waals surface area contributed by atoms with E-state index in [1.165, 1.54) is 0 Å². The van der Waals surface area contributed by atoms with E-state index < -0.39 is 0 Å². The minimum absolute atomic E-state index is 0.0552. The zero-order valence-corrected chi connectivity index (χ0v) is 12.8. The molecule has 0 aliphatic carbocycles. The van der Waals surface area contributed by atoms with E-state index >= 15 is 0 Å². The van der Waals surface area contributed by atoms with Gasteiger partial charge in [-0.15, -0.1) is 0 Å². The Kier molecular flexibility index (Phi) is 3.13. The Hall–Kier alpha value is -4.66. The van der Waals surface area contributed by atoms with Gasteiger partial charge in [0.25, 0.3) is 0 Å². The van der Waals surface area contributed by atoms with Gasteiger partial charge in [0.2, 0.25) is 11.1 Å². The summed E-state index contributed by atoms with van der Waals surface area (Å²) in [5.74, 6) is 0. The lowest BCUT2D eigenvalue weighted by atomic mass is 10.1. The standard InChI is InChI=1S/C18H4N6O2/c19-5-10(6-20)17-24-14-3-9-1-2-13-16(12(9)4-15(14)25-17)26-18(23-13)11(7-21)8-22/h1-4H. The van der Waals surface area contributed by atoms with Crippen LogP contribution in [-0.2, 0) is 0 Å². The highest BCUT2D eigenvalue weighted by Gasteiger charge is 2.12. The molecule has 0 bridgehead atoms. The van der Waals surface area contributed by atoms with E-state index in [4.69, 9.17) is 29.9 Å². The second-order valence-corrected chi connectivity index (χ2v) is 5.19. The molecule has 0 saturated carbocycles. The molecule has 0 spiro atoms. The van der Waals surface area contributed by atoms with Crippen molar-refractivity contribution in [2.24, 2.45) is 0 Å². The smallest absolute Gasteiger partial charge is 0.249 e. The molecule has 8 nitrogen and oxygen atoms in total. The van der Waals surface area contributed by atoms with Crippen LogP contribution in [0.15, 0.2) is 33.1 Å². The maximum atomic E-state index is 8.97. The van der Waals surface area contributed by atoms with Gasteiger partial charge < -0.3 is 8.83 Å². The lowest BCUT2D eigenvalue weighted by molar-refractivity contribution is 0.558. The van der Waals surface area contributed by atoms with Crippen molar-refractivity contribution < 1.29 is 8.83 Å². The van der Waals surface area contributed by atoms with Crippen LogP contribution in [0.25, 0.3) is 44.1 Å². The first kappa shape index (κ1) is 14.9. The fourth-order valence-electron chi connectivity index (χ4n) is 2.59. The molecule has 0 aliphatic heterocycles. The van der Waals surface area contributed by atoms with Crippen LogP contribution in [0, 0.1) is 45.3 Å². The van der Waals surface area contributed by atoms with Gasteiger partial charge in [-0.05, 0) is 23.6 Å². The van der Waals surface area contributed by atoms with Crippen LogP contribution < -0.4 is 11.1 Å². The number of fused-ring (bicyclic) bond motifs is 4. The molecule has 0 amide bonds. The molecule has 2 aromatic carbocycles. The van der Waals surface area contributed by atoms with Gasteiger partial charge in [0.15, 0.2) is 22.3 Å². The third-order valence-electron chi connectivity index (χ3n) is 3.75. The number of benzene rings is 2. The first-order valence-electron chi connectivity index (χ1n) is 7.17. The van der Waals surface area contributed by atoms with E-state index in [2.05, 4.69) is 9.97 Å². The summed E-state index contributed by atoms with van der Waals surface area (Å²) in [4.78, 5) is 8.32. The van der Waals surface area contributed by atoms with Crippen LogP contribution in [0.1, 0.15) is 0 Å². The molecular weight excluding hydrogens is 332 g/mol. The number of oxazole rings is 2. The Balaban J connectivity index is 2.14. The Morgan fingerprint density at radius 2 is 1.38 bits per heavy atom. The summed E-state index contributed by atoms with van der Waals surface area (Å²) >= 11 is 0. The maximum Gasteiger partial charge on any atom is 0.249 e. The van der Waals surface area contributed by atoms with Gasteiger partial charge in [-0.3, -0.25) is 0 Å². The van der Waals surface area contributed by atoms with Gasteiger partial charge in [0.05, 0.1) is 0 Å². The van der Waals surface area contributed by atoms with Crippen molar-refractivity contribution in [1.29, 1.82) is 21.0 Å². The van der Waals surface area contributed by atoms with Crippen molar-refractivity contribution in [3.8, 4) is 24.3 Å². The minimum Gasteiger partial charge on any atom is -0.435 e. The Morgan fingerprint density at radius 3 is 2.04 bits per heavy atom. The molecule has 0 unspecified atom stereocenters. The number of hydrogen-bond acceptors (Lipinski definition) is 8. The number of nitrogens with zero attached hydrogens (tertiary/aromatic N) is 6. The summed E-state index contributed by atoms with van der Waals surface area (Å²) in [6.45, 7) is 0. The quantitative estimate of drug-likeness (QED) is 0.469. The highest BCUT2D eigenvalue weighted by Crippen LogP contribution is 2.27. The zero-order valence-electron chi connectivity index (χ0n) is 12.8. The Labute approximate surface area is 144 Å². The maximum absolute atomic E-state index is 8.97. The van der Waals surface area contributed by atoms with Crippen molar-refractivity contribution in [3.63, 3.8) is 0 Å². The lowest BCUT2D eigenvalue weighted by Crippen LogP contribution is -2.03. The number of aromatic nitrogens is 2. The molecule has 4 rings (SSSR count). The van der Waals surface area contributed by atoms with Crippen LogP contribution in [0.4, 0.5) is 0 Å². The topological polar surface area (TPSA) is 147 Å². The summed E-state index contributed by atoms with van der Waals surface area (Å²) in [5.41, 5.74) is 1.17. The highest BCUT2D eigenvalue weighted by molar-refractivity contribution is 6.07. The fraction of sp³-hybridized carbons (Fsp3) is 0. The van der Waals surface area contributed by atoms with E-state index in [-0.39, 0.29) is 22.2 Å². The minimum atomic E-state index is -0.223. The summed E-state index contributed by atoms with van der Waals surface area (Å²) in [6.07, 6.45) is 0. The van der Waals surface area contributed by atoms with Gasteiger partial charge in [0.1, 0.15) is 35.3 Å².